The molecule has 0 spiro atoms. The van der Waals surface area contributed by atoms with E-state index in [0.717, 1.165) is 0 Å². The van der Waals surface area contributed by atoms with Crippen LogP contribution >= 0.6 is 0 Å². The Morgan fingerprint density at radius 1 is 0.979 bits per heavy atom. The van der Waals surface area contributed by atoms with Crippen molar-refractivity contribution in [2.45, 2.75) is 39.3 Å². The van der Waals surface area contributed by atoms with Crippen molar-refractivity contribution >= 4 is 34.7 Å². The molecular formula is C34H38N6O8. The van der Waals surface area contributed by atoms with Gasteiger partial charge in [0.2, 0.25) is 23.2 Å². The molecule has 5 rings (SSSR count). The monoisotopic (exact) mass is 658 g/mol. The third-order valence-electron chi connectivity index (χ3n) is 7.87. The number of benzene rings is 2. The molecule has 14 heteroatoms. The minimum atomic E-state index is -0.915. The van der Waals surface area contributed by atoms with Crippen molar-refractivity contribution in [1.29, 1.82) is 0 Å². The molecular weight excluding hydrogens is 620 g/mol. The maximum Gasteiger partial charge on any atom is 0.293 e. The number of methoxy groups -OCH3 is 2. The summed E-state index contributed by atoms with van der Waals surface area (Å²) in [4.78, 5) is 59.2. The van der Waals surface area contributed by atoms with E-state index in [0.29, 0.717) is 53.1 Å². The van der Waals surface area contributed by atoms with Gasteiger partial charge in [0.05, 0.1) is 38.3 Å². The van der Waals surface area contributed by atoms with Crippen LogP contribution in [0.15, 0.2) is 59.3 Å². The second-order valence-electron chi connectivity index (χ2n) is 11.5. The fraction of sp³-hybridized carbons (Fsp3) is 0.353. The second-order valence-corrected chi connectivity index (χ2v) is 11.5. The van der Waals surface area contributed by atoms with Gasteiger partial charge in [0, 0.05) is 24.8 Å². The summed E-state index contributed by atoms with van der Waals surface area (Å²) in [5.74, 6) is -0.673. The van der Waals surface area contributed by atoms with Gasteiger partial charge in [0.1, 0.15) is 17.5 Å². The highest BCUT2D eigenvalue weighted by atomic mass is 16.5. The number of fused-ring (bicyclic) bond motifs is 4. The quantitative estimate of drug-likeness (QED) is 0.295. The van der Waals surface area contributed by atoms with E-state index >= 15 is 0 Å². The van der Waals surface area contributed by atoms with E-state index in [1.807, 2.05) is 13.8 Å². The Morgan fingerprint density at radius 2 is 1.79 bits per heavy atom. The van der Waals surface area contributed by atoms with Gasteiger partial charge >= 0.3 is 0 Å². The highest BCUT2D eigenvalue weighted by molar-refractivity contribution is 6.04. The van der Waals surface area contributed by atoms with Gasteiger partial charge in [0.25, 0.3) is 11.8 Å². The summed E-state index contributed by atoms with van der Waals surface area (Å²) in [6, 6.07) is 12.4. The van der Waals surface area contributed by atoms with Crippen molar-refractivity contribution < 1.29 is 37.9 Å². The third-order valence-corrected chi connectivity index (χ3v) is 7.87. The molecule has 48 heavy (non-hydrogen) atoms. The molecule has 0 saturated heterocycles. The fourth-order valence-corrected chi connectivity index (χ4v) is 5.30. The molecule has 14 nitrogen and oxygen atoms in total. The number of nitrogens with zero attached hydrogens (tertiary/aromatic N) is 3. The van der Waals surface area contributed by atoms with Gasteiger partial charge in [-0.05, 0) is 61.2 Å². The molecule has 1 atom stereocenters. The zero-order valence-electron chi connectivity index (χ0n) is 27.2. The predicted octanol–water partition coefficient (Wildman–Crippen LogP) is 3.46. The van der Waals surface area contributed by atoms with E-state index in [9.17, 15) is 19.2 Å². The van der Waals surface area contributed by atoms with Crippen molar-refractivity contribution in [2.75, 3.05) is 33.9 Å². The number of carbonyl (C=O) groups excluding carboxylic acids is 4. The van der Waals surface area contributed by atoms with Crippen LogP contribution in [0.4, 0.5) is 0 Å². The Hall–Kier alpha value is -5.66. The van der Waals surface area contributed by atoms with Crippen molar-refractivity contribution in [3.8, 4) is 23.0 Å². The lowest BCUT2D eigenvalue weighted by Gasteiger charge is -2.25. The Morgan fingerprint density at radius 3 is 2.56 bits per heavy atom. The third kappa shape index (κ3) is 7.65. The van der Waals surface area contributed by atoms with Crippen LogP contribution in [0.25, 0.3) is 11.0 Å². The van der Waals surface area contributed by atoms with Crippen molar-refractivity contribution in [3.05, 3.63) is 71.6 Å². The average Bonchev–Trinajstić information content (AvgIpc) is 3.52. The van der Waals surface area contributed by atoms with Crippen LogP contribution in [0, 0.1) is 5.92 Å². The number of hydrogen-bond acceptors (Lipinski definition) is 10. The molecule has 0 saturated carbocycles. The number of hydrogen-bond donors (Lipinski definition) is 3. The maximum atomic E-state index is 13.7. The van der Waals surface area contributed by atoms with Gasteiger partial charge in [-0.2, -0.15) is 0 Å². The lowest BCUT2D eigenvalue weighted by molar-refractivity contribution is -0.130. The van der Waals surface area contributed by atoms with E-state index < -0.39 is 23.8 Å². The summed E-state index contributed by atoms with van der Waals surface area (Å²) < 4.78 is 22.7. The van der Waals surface area contributed by atoms with Crippen LogP contribution in [0.2, 0.25) is 0 Å². The molecule has 2 aromatic carbocycles. The number of ether oxygens (including phenoxy) is 3. The smallest absolute Gasteiger partial charge is 0.293 e. The summed E-state index contributed by atoms with van der Waals surface area (Å²) in [5.41, 5.74) is 1.14. The summed E-state index contributed by atoms with van der Waals surface area (Å²) in [6.45, 7) is 3.75. The number of amides is 4. The van der Waals surface area contributed by atoms with Crippen LogP contribution in [0.5, 0.6) is 23.0 Å². The van der Waals surface area contributed by atoms with Gasteiger partial charge in [-0.25, -0.2) is 4.98 Å². The first kappa shape index (κ1) is 33.7. The Kier molecular flexibility index (Phi) is 10.7. The highest BCUT2D eigenvalue weighted by Crippen LogP contribution is 2.37. The van der Waals surface area contributed by atoms with Gasteiger partial charge in [0.15, 0.2) is 11.5 Å². The van der Waals surface area contributed by atoms with E-state index in [1.165, 1.54) is 25.3 Å². The molecule has 252 valence electrons. The molecule has 0 unspecified atom stereocenters. The van der Waals surface area contributed by atoms with E-state index in [1.54, 1.807) is 48.5 Å². The van der Waals surface area contributed by atoms with Gasteiger partial charge in [-0.15, -0.1) is 0 Å². The SMILES string of the molecule is COc1ccc2cc1Oc1cccc(OC)c1CNC(=O)[C@@H](C(C)C)NC(=O)CN(C(=O)c1onc3ncccc13)CCCCNC2=O. The van der Waals surface area contributed by atoms with Crippen LogP contribution in [0.3, 0.4) is 0 Å². The van der Waals surface area contributed by atoms with Crippen LogP contribution < -0.4 is 30.2 Å². The molecule has 3 N–H and O–H groups in total. The molecule has 2 aromatic heterocycles. The number of rotatable bonds is 4. The van der Waals surface area contributed by atoms with E-state index in [4.69, 9.17) is 18.7 Å². The van der Waals surface area contributed by atoms with E-state index in [-0.39, 0.29) is 48.6 Å². The van der Waals surface area contributed by atoms with Gasteiger partial charge < -0.3 is 39.6 Å². The summed E-state index contributed by atoms with van der Waals surface area (Å²) in [6.07, 6.45) is 2.49. The van der Waals surface area contributed by atoms with Crippen LogP contribution in [-0.4, -0.2) is 78.6 Å². The number of carbonyl (C=O) groups is 4. The van der Waals surface area contributed by atoms with Crippen molar-refractivity contribution in [3.63, 3.8) is 0 Å². The Bertz CT molecular complexity index is 1810. The molecule has 4 amide bonds. The standard InChI is InChI=1S/C34H38N6O8/c1-20(2)29-33(43)37-18-23-24(45-3)10-7-11-25(23)47-27-17-21(12-13-26(27)46-4)32(42)36-14-5-6-16-40(19-28(41)38-29)34(44)30-22-9-8-15-35-31(22)39-48-30/h7-13,15,17,20,29H,5-6,14,16,18-19H2,1-4H3,(H,36,42)(H,37,43)(H,38,41)/t29-/m1/s1. The first-order valence-electron chi connectivity index (χ1n) is 15.6. The Balaban J connectivity index is 1.46. The molecule has 0 aliphatic carbocycles. The van der Waals surface area contributed by atoms with Crippen molar-refractivity contribution in [2.24, 2.45) is 5.92 Å². The predicted molar refractivity (Wildman–Crippen MR) is 174 cm³/mol. The highest BCUT2D eigenvalue weighted by Gasteiger charge is 2.29. The van der Waals surface area contributed by atoms with Crippen LogP contribution in [-0.2, 0) is 16.1 Å². The molecule has 3 heterocycles. The zero-order valence-corrected chi connectivity index (χ0v) is 27.2. The summed E-state index contributed by atoms with van der Waals surface area (Å²) in [5, 5.41) is 12.9. The lowest BCUT2D eigenvalue weighted by atomic mass is 10.0. The minimum absolute atomic E-state index is 0.00300. The van der Waals surface area contributed by atoms with Gasteiger partial charge in [-0.3, -0.25) is 19.2 Å². The average molecular weight is 659 g/mol. The number of pyridine rings is 1. The van der Waals surface area contributed by atoms with Crippen LogP contribution in [0.1, 0.15) is 53.2 Å². The molecule has 1 aliphatic heterocycles. The number of aromatic nitrogens is 2. The topological polar surface area (TPSA) is 174 Å². The maximum absolute atomic E-state index is 13.7. The largest absolute Gasteiger partial charge is 0.496 e. The normalized spacial score (nSPS) is 16.6. The lowest BCUT2D eigenvalue weighted by Crippen LogP contribution is -2.52. The van der Waals surface area contributed by atoms with Crippen molar-refractivity contribution in [1.82, 2.24) is 31.0 Å². The molecule has 4 aromatic rings. The molecule has 0 radical (unpaired) electrons. The molecule has 2 bridgehead atoms. The second kappa shape index (κ2) is 15.3. The molecule has 1 aliphatic rings. The van der Waals surface area contributed by atoms with E-state index in [2.05, 4.69) is 26.1 Å². The first-order valence-corrected chi connectivity index (χ1v) is 15.6. The Labute approximate surface area is 277 Å². The zero-order chi connectivity index (χ0) is 34.2. The number of nitrogens with one attached hydrogen (secondary N) is 3. The summed E-state index contributed by atoms with van der Waals surface area (Å²) >= 11 is 0. The first-order chi connectivity index (χ1) is 23.2. The minimum Gasteiger partial charge on any atom is -0.496 e. The summed E-state index contributed by atoms with van der Waals surface area (Å²) in [7, 11) is 3.00. The molecule has 0 fully saturated rings. The van der Waals surface area contributed by atoms with Gasteiger partial charge in [-0.1, -0.05) is 25.1 Å². The fourth-order valence-electron chi connectivity index (χ4n) is 5.30.